The summed E-state index contributed by atoms with van der Waals surface area (Å²) in [5.41, 5.74) is 1.05. The minimum Gasteiger partial charge on any atom is -0.490 e. The van der Waals surface area contributed by atoms with Crippen molar-refractivity contribution in [2.75, 3.05) is 23.4 Å². The number of thiazole rings is 1. The molecule has 3 fully saturated rings. The molecule has 1 saturated heterocycles. The van der Waals surface area contributed by atoms with Crippen LogP contribution in [0.1, 0.15) is 40.8 Å². The Morgan fingerprint density at radius 3 is 2.41 bits per heavy atom. The zero-order chi connectivity index (χ0) is 35.8. The van der Waals surface area contributed by atoms with Gasteiger partial charge >= 0.3 is 11.0 Å². The van der Waals surface area contributed by atoms with Gasteiger partial charge in [0, 0.05) is 21.7 Å². The van der Waals surface area contributed by atoms with Crippen LogP contribution in [0.4, 0.5) is 24.5 Å². The Hall–Kier alpha value is -4.56. The van der Waals surface area contributed by atoms with E-state index in [1.165, 1.54) is 30.0 Å². The fraction of sp³-hybridized carbons (Fsp3) is 0.351. The van der Waals surface area contributed by atoms with Gasteiger partial charge < -0.3 is 19.8 Å². The maximum Gasteiger partial charge on any atom is 0.418 e. The van der Waals surface area contributed by atoms with E-state index in [1.54, 1.807) is 18.2 Å². The molecule has 0 spiro atoms. The SMILES string of the molecule is CCOc1cc([C@@H]2c3sc(=O)[nH]c3S[C@@H]3[C@@H]4C[C@@H]([C@@H]5C(=O)N(c6ccccc6C(F)(F)F)C(=O)[C@@H]45)[C@H]23)ccc1OCC(=O)Nc1ccc(C)cc1. The van der Waals surface area contributed by atoms with E-state index in [9.17, 15) is 32.3 Å². The van der Waals surface area contributed by atoms with E-state index in [4.69, 9.17) is 9.47 Å². The van der Waals surface area contributed by atoms with Crippen LogP contribution in [0.25, 0.3) is 0 Å². The molecule has 4 aromatic rings. The van der Waals surface area contributed by atoms with Crippen LogP contribution in [0.5, 0.6) is 11.5 Å². The summed E-state index contributed by atoms with van der Waals surface area (Å²) in [4.78, 5) is 57.7. The number of anilines is 2. The van der Waals surface area contributed by atoms with Gasteiger partial charge in [-0.3, -0.25) is 19.2 Å². The number of ether oxygens (including phenoxy) is 2. The van der Waals surface area contributed by atoms with Crippen LogP contribution in [0.15, 0.2) is 76.6 Å². The third-order valence-corrected chi connectivity index (χ3v) is 13.1. The van der Waals surface area contributed by atoms with Crippen molar-refractivity contribution < 1.29 is 37.0 Å². The molecule has 8 rings (SSSR count). The van der Waals surface area contributed by atoms with Crippen molar-refractivity contribution in [1.29, 1.82) is 0 Å². The second-order valence-electron chi connectivity index (χ2n) is 13.3. The molecule has 264 valence electrons. The molecule has 2 aliphatic heterocycles. The summed E-state index contributed by atoms with van der Waals surface area (Å²) in [6.45, 7) is 3.82. The first-order chi connectivity index (χ1) is 24.4. The number of H-pyrrole nitrogens is 1. The number of alkyl halides is 3. The summed E-state index contributed by atoms with van der Waals surface area (Å²) in [6, 6.07) is 17.5. The molecule has 0 radical (unpaired) electrons. The standard InChI is InChI=1S/C37H32F3N3O6S2/c1-3-48-25-14-18(10-13-24(25)49-16-26(44)41-19-11-8-17(2)9-12-19)27-28-20-15-21(31(28)50-33-32(27)51-36(47)42-33)30-29(20)34(45)43(35(30)46)23-7-5-4-6-22(23)37(38,39)40/h4-14,20-21,27-31H,3,15-16H2,1-2H3,(H,41,44)(H,42,47)/t20-,21-,27+,28-,29+,30+,31-/m1/s1. The van der Waals surface area contributed by atoms with Gasteiger partial charge in [-0.15, -0.1) is 11.8 Å². The molecule has 3 amide bonds. The number of benzene rings is 3. The zero-order valence-electron chi connectivity index (χ0n) is 27.4. The van der Waals surface area contributed by atoms with Crippen molar-refractivity contribution >= 4 is 52.2 Å². The van der Waals surface area contributed by atoms with E-state index in [0.717, 1.165) is 38.3 Å². The molecule has 3 aromatic carbocycles. The summed E-state index contributed by atoms with van der Waals surface area (Å²) in [5.74, 6) is -3.42. The third kappa shape index (κ3) is 5.63. The largest absolute Gasteiger partial charge is 0.490 e. The van der Waals surface area contributed by atoms with Gasteiger partial charge in [-0.25, -0.2) is 4.90 Å². The normalized spacial score (nSPS) is 26.1. The lowest BCUT2D eigenvalue weighted by Crippen LogP contribution is -2.42. The van der Waals surface area contributed by atoms with E-state index >= 15 is 0 Å². The predicted octanol–water partition coefficient (Wildman–Crippen LogP) is 6.86. The van der Waals surface area contributed by atoms with E-state index in [1.807, 2.05) is 38.1 Å². The molecule has 2 aliphatic carbocycles. The van der Waals surface area contributed by atoms with Crippen molar-refractivity contribution in [3.63, 3.8) is 0 Å². The maximum absolute atomic E-state index is 14.1. The molecular weight excluding hydrogens is 704 g/mol. The molecule has 2 bridgehead atoms. The fourth-order valence-electron chi connectivity index (χ4n) is 8.62. The van der Waals surface area contributed by atoms with Crippen molar-refractivity contribution in [3.8, 4) is 11.5 Å². The number of aryl methyl sites for hydroxylation is 1. The van der Waals surface area contributed by atoms with E-state index < -0.39 is 41.1 Å². The molecule has 9 nitrogen and oxygen atoms in total. The van der Waals surface area contributed by atoms with Crippen LogP contribution >= 0.6 is 23.1 Å². The minimum atomic E-state index is -4.75. The number of halogens is 3. The number of aromatic amines is 1. The molecule has 1 aromatic heterocycles. The highest BCUT2D eigenvalue weighted by Crippen LogP contribution is 2.69. The van der Waals surface area contributed by atoms with Gasteiger partial charge in [-0.05, 0) is 80.0 Å². The summed E-state index contributed by atoms with van der Waals surface area (Å²) < 4.78 is 54.0. The minimum absolute atomic E-state index is 0.162. The summed E-state index contributed by atoms with van der Waals surface area (Å²) in [6.07, 6.45) is -4.17. The highest BCUT2D eigenvalue weighted by atomic mass is 32.2. The van der Waals surface area contributed by atoms with Crippen molar-refractivity contribution in [2.24, 2.45) is 29.6 Å². The van der Waals surface area contributed by atoms with Gasteiger partial charge in [0.2, 0.25) is 11.8 Å². The summed E-state index contributed by atoms with van der Waals surface area (Å²) in [5, 5.41) is 3.34. The second kappa shape index (κ2) is 12.6. The second-order valence-corrected chi connectivity index (χ2v) is 15.5. The molecule has 3 heterocycles. The first-order valence-electron chi connectivity index (χ1n) is 16.6. The number of nitrogens with one attached hydrogen (secondary N) is 2. The fourth-order valence-corrected chi connectivity index (χ4v) is 11.5. The lowest BCUT2D eigenvalue weighted by atomic mass is 9.68. The van der Waals surface area contributed by atoms with Crippen LogP contribution < -0.4 is 24.6 Å². The number of thioether (sulfide) groups is 1. The van der Waals surface area contributed by atoms with Crippen molar-refractivity contribution in [1.82, 2.24) is 4.98 Å². The topological polar surface area (TPSA) is 118 Å². The van der Waals surface area contributed by atoms with Crippen LogP contribution in [0.3, 0.4) is 0 Å². The number of imide groups is 1. The molecule has 4 aliphatic rings. The van der Waals surface area contributed by atoms with Crippen LogP contribution in [-0.2, 0) is 20.6 Å². The van der Waals surface area contributed by atoms with Crippen LogP contribution in [0, 0.1) is 36.5 Å². The molecular formula is C37H32F3N3O6S2. The number of carbonyl (C=O) groups excluding carboxylic acids is 3. The van der Waals surface area contributed by atoms with Gasteiger partial charge in [0.25, 0.3) is 5.91 Å². The van der Waals surface area contributed by atoms with Gasteiger partial charge in [0.15, 0.2) is 18.1 Å². The number of aromatic nitrogens is 1. The number of fused-ring (bicyclic) bond motifs is 9. The number of hydrogen-bond donors (Lipinski definition) is 2. The molecule has 51 heavy (non-hydrogen) atoms. The van der Waals surface area contributed by atoms with Gasteiger partial charge in [-0.2, -0.15) is 13.2 Å². The number of rotatable bonds is 8. The van der Waals surface area contributed by atoms with E-state index in [-0.39, 0.29) is 46.3 Å². The highest BCUT2D eigenvalue weighted by molar-refractivity contribution is 8.00. The average Bonchev–Trinajstić information content (AvgIpc) is 3.83. The molecule has 2 N–H and O–H groups in total. The molecule has 7 atom stereocenters. The number of hydrogen-bond acceptors (Lipinski definition) is 8. The maximum atomic E-state index is 14.1. The van der Waals surface area contributed by atoms with Crippen LogP contribution in [-0.4, -0.2) is 41.2 Å². The Balaban J connectivity index is 1.11. The average molecular weight is 736 g/mol. The zero-order valence-corrected chi connectivity index (χ0v) is 29.0. The number of carbonyl (C=O) groups is 3. The Bertz CT molecular complexity index is 2110. The molecule has 0 unspecified atom stereocenters. The quantitative estimate of drug-likeness (QED) is 0.190. The Morgan fingerprint density at radius 1 is 0.961 bits per heavy atom. The first-order valence-corrected chi connectivity index (χ1v) is 18.3. The van der Waals surface area contributed by atoms with Crippen LogP contribution in [0.2, 0.25) is 0 Å². The van der Waals surface area contributed by atoms with Gasteiger partial charge in [0.05, 0.1) is 34.7 Å². The number of amides is 3. The molecule has 14 heteroatoms. The number of nitrogens with zero attached hydrogens (tertiary/aromatic N) is 1. The third-order valence-electron chi connectivity index (χ3n) is 10.5. The van der Waals surface area contributed by atoms with Crippen molar-refractivity contribution in [2.45, 2.75) is 42.6 Å². The van der Waals surface area contributed by atoms with Crippen molar-refractivity contribution in [3.05, 3.63) is 98.0 Å². The Labute approximate surface area is 298 Å². The monoisotopic (exact) mass is 735 g/mol. The Kier molecular flexibility index (Phi) is 8.29. The van der Waals surface area contributed by atoms with E-state index in [0.29, 0.717) is 35.2 Å². The predicted molar refractivity (Wildman–Crippen MR) is 185 cm³/mol. The summed E-state index contributed by atoms with van der Waals surface area (Å²) in [7, 11) is 0. The van der Waals surface area contributed by atoms with E-state index in [2.05, 4.69) is 10.3 Å². The number of para-hydroxylation sites is 1. The van der Waals surface area contributed by atoms with Gasteiger partial charge in [0.1, 0.15) is 0 Å². The Morgan fingerprint density at radius 2 is 1.69 bits per heavy atom. The lowest BCUT2D eigenvalue weighted by Gasteiger charge is -2.43. The molecule has 2 saturated carbocycles. The summed E-state index contributed by atoms with van der Waals surface area (Å²) >= 11 is 2.58. The lowest BCUT2D eigenvalue weighted by molar-refractivity contribution is -0.137. The highest BCUT2D eigenvalue weighted by Gasteiger charge is 2.70. The van der Waals surface area contributed by atoms with Gasteiger partial charge in [-0.1, -0.05) is 47.2 Å². The first kappa shape index (κ1) is 33.6. The smallest absolute Gasteiger partial charge is 0.418 e.